The van der Waals surface area contributed by atoms with Crippen molar-refractivity contribution in [1.82, 2.24) is 20.1 Å². The number of rotatable bonds is 7. The van der Waals surface area contributed by atoms with E-state index in [9.17, 15) is 0 Å². The minimum atomic E-state index is 0.401. The Morgan fingerprint density at radius 1 is 1.40 bits per heavy atom. The van der Waals surface area contributed by atoms with E-state index < -0.39 is 0 Å². The molecule has 0 aliphatic rings. The number of nitrogens with one attached hydrogen (secondary N) is 1. The maximum atomic E-state index is 6.01. The molecule has 1 N–H and O–H groups in total. The minimum Gasteiger partial charge on any atom is -0.485 e. The predicted molar refractivity (Wildman–Crippen MR) is 78.9 cm³/mol. The third kappa shape index (κ3) is 3.71. The first-order valence-corrected chi connectivity index (χ1v) is 7.05. The Kier molecular flexibility index (Phi) is 5.38. The van der Waals surface area contributed by atoms with Gasteiger partial charge in [-0.2, -0.15) is 5.10 Å². The second-order valence-corrected chi connectivity index (χ2v) is 4.91. The monoisotopic (exact) mass is 294 g/mol. The van der Waals surface area contributed by atoms with Gasteiger partial charge < -0.3 is 10.1 Å². The molecule has 0 fully saturated rings. The molecule has 0 saturated carbocycles. The molecule has 1 aromatic heterocycles. The van der Waals surface area contributed by atoms with Crippen molar-refractivity contribution >= 4 is 11.6 Å². The van der Waals surface area contributed by atoms with Gasteiger partial charge in [0, 0.05) is 23.7 Å². The predicted octanol–water partition coefficient (Wildman–Crippen LogP) is 2.64. The summed E-state index contributed by atoms with van der Waals surface area (Å²) in [6.45, 7) is 4.06. The molecule has 0 amide bonds. The fraction of sp³-hybridized carbons (Fsp3) is 0.429. The fourth-order valence-electron chi connectivity index (χ4n) is 1.96. The summed E-state index contributed by atoms with van der Waals surface area (Å²) < 4.78 is 7.72. The molecule has 0 radical (unpaired) electrons. The summed E-state index contributed by atoms with van der Waals surface area (Å²) in [4.78, 5) is 4.23. The van der Waals surface area contributed by atoms with Crippen LogP contribution in [0.3, 0.4) is 0 Å². The molecule has 2 rings (SSSR count). The van der Waals surface area contributed by atoms with Crippen LogP contribution >= 0.6 is 11.6 Å². The van der Waals surface area contributed by atoms with Crippen molar-refractivity contribution in [3.63, 3.8) is 0 Å². The van der Waals surface area contributed by atoms with Gasteiger partial charge in [-0.1, -0.05) is 18.5 Å². The second-order valence-electron chi connectivity index (χ2n) is 4.47. The molecule has 1 aromatic carbocycles. The number of hydrogen-bond donors (Lipinski definition) is 1. The van der Waals surface area contributed by atoms with E-state index in [0.717, 1.165) is 30.1 Å². The summed E-state index contributed by atoms with van der Waals surface area (Å²) in [5, 5.41) is 7.99. The second kappa shape index (κ2) is 7.26. The maximum absolute atomic E-state index is 6.01. The van der Waals surface area contributed by atoms with Crippen LogP contribution in [0, 0.1) is 0 Å². The summed E-state index contributed by atoms with van der Waals surface area (Å²) in [6, 6.07) is 5.62. The van der Waals surface area contributed by atoms with Crippen LogP contribution in [0.25, 0.3) is 0 Å². The summed E-state index contributed by atoms with van der Waals surface area (Å²) in [5.41, 5.74) is 1.03. The van der Waals surface area contributed by atoms with Crippen LogP contribution in [-0.4, -0.2) is 21.8 Å². The normalized spacial score (nSPS) is 10.8. The van der Waals surface area contributed by atoms with Gasteiger partial charge in [0.2, 0.25) is 0 Å². The molecule has 0 aliphatic heterocycles. The standard InChI is InChI=1S/C14H19ClN4O/c1-3-6-19-14(17-10-18-19)9-20-13-5-4-12(15)7-11(13)8-16-2/h4-5,7,10,16H,3,6,8-9H2,1-2H3. The van der Waals surface area contributed by atoms with E-state index in [0.29, 0.717) is 18.2 Å². The van der Waals surface area contributed by atoms with Crippen LogP contribution in [0.2, 0.25) is 5.02 Å². The lowest BCUT2D eigenvalue weighted by atomic mass is 10.2. The highest BCUT2D eigenvalue weighted by Crippen LogP contribution is 2.23. The van der Waals surface area contributed by atoms with Crippen LogP contribution in [0.5, 0.6) is 5.75 Å². The topological polar surface area (TPSA) is 52.0 Å². The van der Waals surface area contributed by atoms with Gasteiger partial charge in [-0.05, 0) is 31.7 Å². The molecule has 0 saturated heterocycles. The quantitative estimate of drug-likeness (QED) is 0.853. The van der Waals surface area contributed by atoms with Gasteiger partial charge in [0.1, 0.15) is 18.7 Å². The van der Waals surface area contributed by atoms with Crippen LogP contribution in [-0.2, 0) is 19.7 Å². The third-order valence-corrected chi connectivity index (χ3v) is 3.11. The number of benzene rings is 1. The lowest BCUT2D eigenvalue weighted by molar-refractivity contribution is 0.283. The minimum absolute atomic E-state index is 0.401. The number of hydrogen-bond acceptors (Lipinski definition) is 4. The lowest BCUT2D eigenvalue weighted by Gasteiger charge is -2.12. The first-order chi connectivity index (χ1) is 9.74. The number of aryl methyl sites for hydroxylation is 1. The molecule has 1 heterocycles. The molecule has 0 unspecified atom stereocenters. The van der Waals surface area contributed by atoms with Crippen LogP contribution in [0.4, 0.5) is 0 Å². The van der Waals surface area contributed by atoms with Gasteiger partial charge >= 0.3 is 0 Å². The van der Waals surface area contributed by atoms with Crippen molar-refractivity contribution in [3.05, 3.63) is 40.9 Å². The lowest BCUT2D eigenvalue weighted by Crippen LogP contribution is -2.11. The average molecular weight is 295 g/mol. The van der Waals surface area contributed by atoms with E-state index in [1.54, 1.807) is 6.33 Å². The first-order valence-electron chi connectivity index (χ1n) is 6.67. The Labute approximate surface area is 123 Å². The van der Waals surface area contributed by atoms with Crippen molar-refractivity contribution in [1.29, 1.82) is 0 Å². The van der Waals surface area contributed by atoms with Gasteiger partial charge in [0.05, 0.1) is 0 Å². The Balaban J connectivity index is 2.08. The van der Waals surface area contributed by atoms with E-state index in [2.05, 4.69) is 22.3 Å². The Hall–Kier alpha value is -1.59. The van der Waals surface area contributed by atoms with Crippen molar-refractivity contribution in [2.24, 2.45) is 0 Å². The van der Waals surface area contributed by atoms with Crippen LogP contribution in [0.1, 0.15) is 24.7 Å². The molecule has 0 aliphatic carbocycles. The zero-order valence-corrected chi connectivity index (χ0v) is 12.5. The van der Waals surface area contributed by atoms with Gasteiger partial charge in [0.25, 0.3) is 0 Å². The highest BCUT2D eigenvalue weighted by Gasteiger charge is 2.08. The third-order valence-electron chi connectivity index (χ3n) is 2.88. The molecule has 5 nitrogen and oxygen atoms in total. The van der Waals surface area contributed by atoms with Crippen LogP contribution < -0.4 is 10.1 Å². The van der Waals surface area contributed by atoms with Gasteiger partial charge in [-0.25, -0.2) is 9.67 Å². The Bertz CT molecular complexity index is 556. The van der Waals surface area contributed by atoms with Crippen molar-refractivity contribution in [2.45, 2.75) is 33.0 Å². The molecule has 108 valence electrons. The smallest absolute Gasteiger partial charge is 0.164 e. The molecule has 20 heavy (non-hydrogen) atoms. The molecular weight excluding hydrogens is 276 g/mol. The molecule has 0 bridgehead atoms. The molecule has 6 heteroatoms. The summed E-state index contributed by atoms with van der Waals surface area (Å²) in [7, 11) is 1.89. The van der Waals surface area contributed by atoms with E-state index >= 15 is 0 Å². The average Bonchev–Trinajstić information content (AvgIpc) is 2.86. The largest absolute Gasteiger partial charge is 0.485 e. The van der Waals surface area contributed by atoms with E-state index in [-0.39, 0.29) is 0 Å². The van der Waals surface area contributed by atoms with E-state index in [1.807, 2.05) is 29.9 Å². The van der Waals surface area contributed by atoms with Crippen LogP contribution in [0.15, 0.2) is 24.5 Å². The first kappa shape index (κ1) is 14.8. The van der Waals surface area contributed by atoms with Crippen molar-refractivity contribution in [2.75, 3.05) is 7.05 Å². The van der Waals surface area contributed by atoms with Gasteiger partial charge in [-0.15, -0.1) is 0 Å². The molecule has 2 aromatic rings. The maximum Gasteiger partial charge on any atom is 0.164 e. The summed E-state index contributed by atoms with van der Waals surface area (Å²) in [6.07, 6.45) is 2.58. The number of aromatic nitrogens is 3. The summed E-state index contributed by atoms with van der Waals surface area (Å²) >= 11 is 6.01. The SMILES string of the molecule is CCCn1ncnc1COc1ccc(Cl)cc1CNC. The fourth-order valence-corrected chi connectivity index (χ4v) is 2.15. The number of nitrogens with zero attached hydrogens (tertiary/aromatic N) is 3. The Morgan fingerprint density at radius 3 is 3.00 bits per heavy atom. The highest BCUT2D eigenvalue weighted by atomic mass is 35.5. The molecule has 0 spiro atoms. The number of halogens is 1. The Morgan fingerprint density at radius 2 is 2.25 bits per heavy atom. The van der Waals surface area contributed by atoms with Crippen molar-refractivity contribution < 1.29 is 4.74 Å². The van der Waals surface area contributed by atoms with Gasteiger partial charge in [-0.3, -0.25) is 0 Å². The molecular formula is C14H19ClN4O. The van der Waals surface area contributed by atoms with Gasteiger partial charge in [0.15, 0.2) is 5.82 Å². The summed E-state index contributed by atoms with van der Waals surface area (Å²) in [5.74, 6) is 1.65. The van der Waals surface area contributed by atoms with E-state index in [1.165, 1.54) is 0 Å². The van der Waals surface area contributed by atoms with Crippen molar-refractivity contribution in [3.8, 4) is 5.75 Å². The zero-order chi connectivity index (χ0) is 14.4. The number of ether oxygens (including phenoxy) is 1. The molecule has 0 atom stereocenters. The highest BCUT2D eigenvalue weighted by molar-refractivity contribution is 6.30. The zero-order valence-electron chi connectivity index (χ0n) is 11.8. The van der Waals surface area contributed by atoms with E-state index in [4.69, 9.17) is 16.3 Å².